The number of hydrogen-bond donors (Lipinski definition) is 2. The van der Waals surface area contributed by atoms with Crippen molar-refractivity contribution in [2.24, 2.45) is 5.73 Å². The van der Waals surface area contributed by atoms with Crippen molar-refractivity contribution in [2.45, 2.75) is 13.0 Å². The summed E-state index contributed by atoms with van der Waals surface area (Å²) in [6, 6.07) is 4.90. The van der Waals surface area contributed by atoms with Gasteiger partial charge in [-0.15, -0.1) is 0 Å². The monoisotopic (exact) mass is 237 g/mol. The molecule has 0 aliphatic carbocycles. The number of nitrogens with zero attached hydrogens (tertiary/aromatic N) is 1. The van der Waals surface area contributed by atoms with Gasteiger partial charge in [-0.1, -0.05) is 12.1 Å². The lowest BCUT2D eigenvalue weighted by atomic mass is 10.1. The van der Waals surface area contributed by atoms with Crippen LogP contribution in [0.25, 0.3) is 0 Å². The fourth-order valence-electron chi connectivity index (χ4n) is 2.07. The normalized spacial score (nSPS) is 16.6. The van der Waals surface area contributed by atoms with E-state index in [-0.39, 0.29) is 11.7 Å². The molecular formula is C12H16FN3O. The molecule has 0 unspecified atom stereocenters. The Hall–Kier alpha value is -1.62. The summed E-state index contributed by atoms with van der Waals surface area (Å²) < 4.78 is 13.8. The molecule has 1 amide bonds. The van der Waals surface area contributed by atoms with Crippen LogP contribution in [0.15, 0.2) is 18.2 Å². The Morgan fingerprint density at radius 1 is 1.41 bits per heavy atom. The minimum absolute atomic E-state index is 0.0122. The van der Waals surface area contributed by atoms with Gasteiger partial charge in [0, 0.05) is 32.6 Å². The van der Waals surface area contributed by atoms with E-state index >= 15 is 0 Å². The molecule has 3 N–H and O–H groups in total. The van der Waals surface area contributed by atoms with Crippen molar-refractivity contribution >= 4 is 11.6 Å². The van der Waals surface area contributed by atoms with Crippen LogP contribution >= 0.6 is 0 Å². The maximum absolute atomic E-state index is 13.8. The molecule has 0 saturated carbocycles. The third-order valence-corrected chi connectivity index (χ3v) is 2.92. The summed E-state index contributed by atoms with van der Waals surface area (Å²) in [6.07, 6.45) is 0.387. The van der Waals surface area contributed by atoms with Gasteiger partial charge in [0.25, 0.3) is 0 Å². The number of amides is 1. The van der Waals surface area contributed by atoms with E-state index in [0.29, 0.717) is 38.3 Å². The average Bonchev–Trinajstić information content (AvgIpc) is 2.54. The molecule has 0 atom stereocenters. The van der Waals surface area contributed by atoms with Crippen LogP contribution in [0, 0.1) is 5.82 Å². The zero-order valence-electron chi connectivity index (χ0n) is 9.58. The first kappa shape index (κ1) is 11.9. The molecule has 1 aromatic carbocycles. The van der Waals surface area contributed by atoms with Gasteiger partial charge in [0.2, 0.25) is 5.91 Å². The van der Waals surface area contributed by atoms with E-state index in [1.807, 2.05) is 11.0 Å². The number of benzene rings is 1. The highest BCUT2D eigenvalue weighted by molar-refractivity contribution is 5.77. The highest BCUT2D eigenvalue weighted by atomic mass is 19.1. The van der Waals surface area contributed by atoms with Crippen molar-refractivity contribution in [3.63, 3.8) is 0 Å². The van der Waals surface area contributed by atoms with E-state index in [2.05, 4.69) is 5.32 Å². The molecule has 17 heavy (non-hydrogen) atoms. The van der Waals surface area contributed by atoms with Gasteiger partial charge in [-0.05, 0) is 11.6 Å². The molecule has 1 aliphatic heterocycles. The summed E-state index contributed by atoms with van der Waals surface area (Å²) in [5, 5.41) is 2.77. The number of carbonyl (C=O) groups excluding carboxylic acids is 1. The van der Waals surface area contributed by atoms with Crippen molar-refractivity contribution in [1.29, 1.82) is 0 Å². The van der Waals surface area contributed by atoms with Crippen LogP contribution in [-0.4, -0.2) is 25.5 Å². The first-order valence-electron chi connectivity index (χ1n) is 5.71. The maximum atomic E-state index is 13.8. The Kier molecular flexibility index (Phi) is 3.58. The molecule has 5 heteroatoms. The number of hydrogen-bond acceptors (Lipinski definition) is 3. The largest absolute Gasteiger partial charge is 0.367 e. The lowest BCUT2D eigenvalue weighted by Crippen LogP contribution is -2.30. The molecule has 1 aliphatic rings. The van der Waals surface area contributed by atoms with Gasteiger partial charge in [-0.3, -0.25) is 4.79 Å². The molecule has 4 nitrogen and oxygen atoms in total. The Bertz CT molecular complexity index is 422. The molecule has 2 rings (SSSR count). The molecule has 92 valence electrons. The third-order valence-electron chi connectivity index (χ3n) is 2.92. The molecule has 1 heterocycles. The number of nitrogens with two attached hydrogens (primary N) is 1. The van der Waals surface area contributed by atoms with Crippen LogP contribution in [-0.2, 0) is 11.3 Å². The van der Waals surface area contributed by atoms with Crippen LogP contribution in [0.1, 0.15) is 12.0 Å². The number of halogens is 1. The second-order valence-corrected chi connectivity index (χ2v) is 4.04. The molecule has 1 saturated heterocycles. The SMILES string of the molecule is NCc1cccc(F)c1N1CCNC(=O)CC1. The first-order chi connectivity index (χ1) is 8.22. The Labute approximate surface area is 99.6 Å². The van der Waals surface area contributed by atoms with Crippen molar-refractivity contribution < 1.29 is 9.18 Å². The predicted molar refractivity (Wildman–Crippen MR) is 64.1 cm³/mol. The highest BCUT2D eigenvalue weighted by Crippen LogP contribution is 2.24. The first-order valence-corrected chi connectivity index (χ1v) is 5.71. The van der Waals surface area contributed by atoms with E-state index < -0.39 is 0 Å². The van der Waals surface area contributed by atoms with Gasteiger partial charge >= 0.3 is 0 Å². The lowest BCUT2D eigenvalue weighted by Gasteiger charge is -2.24. The summed E-state index contributed by atoms with van der Waals surface area (Å²) in [7, 11) is 0. The molecular weight excluding hydrogens is 221 g/mol. The van der Waals surface area contributed by atoms with E-state index in [4.69, 9.17) is 5.73 Å². The summed E-state index contributed by atoms with van der Waals surface area (Å²) in [5.41, 5.74) is 6.93. The fraction of sp³-hybridized carbons (Fsp3) is 0.417. The second kappa shape index (κ2) is 5.14. The van der Waals surface area contributed by atoms with E-state index in [1.54, 1.807) is 6.07 Å². The number of nitrogens with one attached hydrogen (secondary N) is 1. The Morgan fingerprint density at radius 3 is 3.00 bits per heavy atom. The number of carbonyl (C=O) groups is 1. The maximum Gasteiger partial charge on any atom is 0.221 e. The van der Waals surface area contributed by atoms with Gasteiger partial charge in [0.05, 0.1) is 5.69 Å². The number of rotatable bonds is 2. The Balaban J connectivity index is 2.29. The number of anilines is 1. The Morgan fingerprint density at radius 2 is 2.24 bits per heavy atom. The summed E-state index contributed by atoms with van der Waals surface area (Å²) in [5.74, 6) is -0.263. The fourth-order valence-corrected chi connectivity index (χ4v) is 2.07. The standard InChI is InChI=1S/C12H16FN3O/c13-10-3-1-2-9(8-14)12(10)16-6-4-11(17)15-5-7-16/h1-3H,4-8,14H2,(H,15,17). The zero-order valence-corrected chi connectivity index (χ0v) is 9.58. The predicted octanol–water partition coefficient (Wildman–Crippen LogP) is 0.611. The molecule has 0 aromatic heterocycles. The van der Waals surface area contributed by atoms with Crippen LogP contribution < -0.4 is 16.0 Å². The summed E-state index contributed by atoms with van der Waals surface area (Å²) in [4.78, 5) is 13.1. The van der Waals surface area contributed by atoms with Crippen molar-refractivity contribution in [1.82, 2.24) is 5.32 Å². The van der Waals surface area contributed by atoms with E-state index in [9.17, 15) is 9.18 Å². The molecule has 0 spiro atoms. The van der Waals surface area contributed by atoms with Crippen LogP contribution in [0.4, 0.5) is 10.1 Å². The van der Waals surface area contributed by atoms with Crippen molar-refractivity contribution in [3.05, 3.63) is 29.6 Å². The quantitative estimate of drug-likeness (QED) is 0.792. The average molecular weight is 237 g/mol. The molecule has 0 radical (unpaired) electrons. The smallest absolute Gasteiger partial charge is 0.221 e. The zero-order chi connectivity index (χ0) is 12.3. The van der Waals surface area contributed by atoms with Gasteiger partial charge in [0.1, 0.15) is 5.82 Å². The van der Waals surface area contributed by atoms with Crippen LogP contribution in [0.5, 0.6) is 0 Å². The molecule has 1 aromatic rings. The van der Waals surface area contributed by atoms with Crippen LogP contribution in [0.3, 0.4) is 0 Å². The molecule has 0 bridgehead atoms. The highest BCUT2D eigenvalue weighted by Gasteiger charge is 2.18. The van der Waals surface area contributed by atoms with Gasteiger partial charge in [0.15, 0.2) is 0 Å². The summed E-state index contributed by atoms with van der Waals surface area (Å²) in [6.45, 7) is 1.97. The number of para-hydroxylation sites is 1. The van der Waals surface area contributed by atoms with Gasteiger partial charge in [-0.2, -0.15) is 0 Å². The minimum atomic E-state index is -0.276. The van der Waals surface area contributed by atoms with Gasteiger partial charge < -0.3 is 16.0 Å². The van der Waals surface area contributed by atoms with Crippen molar-refractivity contribution in [3.8, 4) is 0 Å². The van der Waals surface area contributed by atoms with E-state index in [1.165, 1.54) is 6.07 Å². The van der Waals surface area contributed by atoms with E-state index in [0.717, 1.165) is 5.56 Å². The third kappa shape index (κ3) is 2.55. The second-order valence-electron chi connectivity index (χ2n) is 4.04. The van der Waals surface area contributed by atoms with Gasteiger partial charge in [-0.25, -0.2) is 4.39 Å². The van der Waals surface area contributed by atoms with Crippen LogP contribution in [0.2, 0.25) is 0 Å². The molecule has 1 fully saturated rings. The summed E-state index contributed by atoms with van der Waals surface area (Å²) >= 11 is 0. The minimum Gasteiger partial charge on any atom is -0.367 e. The van der Waals surface area contributed by atoms with Crippen molar-refractivity contribution in [2.75, 3.05) is 24.5 Å². The topological polar surface area (TPSA) is 58.4 Å². The lowest BCUT2D eigenvalue weighted by molar-refractivity contribution is -0.120.